The fourth-order valence-corrected chi connectivity index (χ4v) is 5.64. The molecule has 0 radical (unpaired) electrons. The summed E-state index contributed by atoms with van der Waals surface area (Å²) < 4.78 is 12.4. The number of thiocarbonyl (C=S) groups is 1. The second-order valence-corrected chi connectivity index (χ2v) is 10.5. The number of hydrogen-bond acceptors (Lipinski definition) is 5. The van der Waals surface area contributed by atoms with E-state index in [-0.39, 0.29) is 12.1 Å². The molecule has 5 nitrogen and oxygen atoms in total. The molecule has 3 heterocycles. The summed E-state index contributed by atoms with van der Waals surface area (Å²) >= 11 is 13.4. The Morgan fingerprint density at radius 2 is 1.58 bits per heavy atom. The van der Waals surface area contributed by atoms with E-state index in [0.29, 0.717) is 10.1 Å². The zero-order valence-electron chi connectivity index (χ0n) is 20.0. The fraction of sp³-hybridized carbons (Fsp3) is 0.0667. The molecule has 1 aliphatic rings. The number of ether oxygens (including phenoxy) is 1. The smallest absolute Gasteiger partial charge is 0.174 e. The molecule has 2 atom stereocenters. The summed E-state index contributed by atoms with van der Waals surface area (Å²) in [6.07, 6.45) is 1.79. The lowest BCUT2D eigenvalue weighted by molar-refractivity contribution is 0.383. The van der Waals surface area contributed by atoms with Gasteiger partial charge in [0.15, 0.2) is 10.2 Å². The van der Waals surface area contributed by atoms with Gasteiger partial charge in [0, 0.05) is 21.8 Å². The van der Waals surface area contributed by atoms with Gasteiger partial charge in [0.25, 0.3) is 0 Å². The zero-order valence-corrected chi connectivity index (χ0v) is 22.4. The Labute approximate surface area is 235 Å². The second kappa shape index (κ2) is 10.9. The van der Waals surface area contributed by atoms with Crippen molar-refractivity contribution in [2.24, 2.45) is 0 Å². The number of rotatable bonds is 7. The molecule has 0 spiro atoms. The van der Waals surface area contributed by atoms with Gasteiger partial charge in [0.1, 0.15) is 23.3 Å². The van der Waals surface area contributed by atoms with Crippen molar-refractivity contribution in [3.8, 4) is 11.5 Å². The average Bonchev–Trinajstić information content (AvgIpc) is 3.55. The molecule has 1 saturated heterocycles. The van der Waals surface area contributed by atoms with Gasteiger partial charge in [0.2, 0.25) is 0 Å². The molecule has 188 valence electrons. The molecular formula is C30H22ClN3O2S2. The number of nitrogens with one attached hydrogen (secondary N) is 1. The first kappa shape index (κ1) is 24.6. The fourth-order valence-electron chi connectivity index (χ4n) is 4.39. The van der Waals surface area contributed by atoms with Crippen molar-refractivity contribution >= 4 is 46.4 Å². The first-order valence-electron chi connectivity index (χ1n) is 12.0. The number of halogens is 1. The number of para-hydroxylation sites is 1. The Morgan fingerprint density at radius 3 is 2.32 bits per heavy atom. The van der Waals surface area contributed by atoms with Gasteiger partial charge in [-0.3, -0.25) is 4.98 Å². The van der Waals surface area contributed by atoms with Crippen LogP contribution in [-0.4, -0.2) is 10.1 Å². The molecule has 8 heteroatoms. The topological polar surface area (TPSA) is 50.5 Å². The lowest BCUT2D eigenvalue weighted by atomic mass is 10.0. The molecule has 1 aliphatic heterocycles. The van der Waals surface area contributed by atoms with Gasteiger partial charge in [-0.2, -0.15) is 0 Å². The largest absolute Gasteiger partial charge is 0.457 e. The van der Waals surface area contributed by atoms with E-state index in [9.17, 15) is 0 Å². The van der Waals surface area contributed by atoms with Gasteiger partial charge >= 0.3 is 0 Å². The van der Waals surface area contributed by atoms with E-state index in [4.69, 9.17) is 33.0 Å². The van der Waals surface area contributed by atoms with Crippen LogP contribution >= 0.6 is 35.6 Å². The van der Waals surface area contributed by atoms with Gasteiger partial charge in [-0.05, 0) is 97.1 Å². The third-order valence-corrected chi connectivity index (χ3v) is 7.61. The summed E-state index contributed by atoms with van der Waals surface area (Å²) in [5.74, 6) is 2.32. The van der Waals surface area contributed by atoms with Gasteiger partial charge < -0.3 is 19.4 Å². The van der Waals surface area contributed by atoms with Gasteiger partial charge in [-0.15, -0.1) is 0 Å². The van der Waals surface area contributed by atoms with Crippen LogP contribution in [0.4, 0.5) is 5.69 Å². The van der Waals surface area contributed by atoms with Crippen LogP contribution in [0.2, 0.25) is 5.02 Å². The highest BCUT2D eigenvalue weighted by atomic mass is 35.5. The minimum atomic E-state index is -0.238. The lowest BCUT2D eigenvalue weighted by Crippen LogP contribution is -2.29. The highest BCUT2D eigenvalue weighted by Gasteiger charge is 2.42. The van der Waals surface area contributed by atoms with Crippen molar-refractivity contribution in [2.45, 2.75) is 22.1 Å². The summed E-state index contributed by atoms with van der Waals surface area (Å²) in [4.78, 5) is 7.74. The minimum absolute atomic E-state index is 0.191. The number of aromatic nitrogens is 1. The van der Waals surface area contributed by atoms with Crippen molar-refractivity contribution in [3.05, 3.63) is 132 Å². The van der Waals surface area contributed by atoms with E-state index < -0.39 is 0 Å². The molecule has 1 N–H and O–H groups in total. The monoisotopic (exact) mass is 555 g/mol. The van der Waals surface area contributed by atoms with Crippen molar-refractivity contribution in [1.29, 1.82) is 0 Å². The Kier molecular flexibility index (Phi) is 7.05. The van der Waals surface area contributed by atoms with E-state index in [0.717, 1.165) is 38.6 Å². The molecule has 1 fully saturated rings. The Morgan fingerprint density at radius 1 is 0.842 bits per heavy atom. The summed E-state index contributed by atoms with van der Waals surface area (Å²) in [7, 11) is 0. The maximum absolute atomic E-state index is 6.39. The van der Waals surface area contributed by atoms with Crippen LogP contribution in [0.15, 0.2) is 130 Å². The van der Waals surface area contributed by atoms with E-state index in [1.807, 2.05) is 109 Å². The average molecular weight is 556 g/mol. The van der Waals surface area contributed by atoms with Crippen LogP contribution < -0.4 is 15.0 Å². The first-order chi connectivity index (χ1) is 18.6. The standard InChI is InChI=1S/C30H22ClN3O2S2/c31-20-9-15-24(16-10-20)38-27-18-17-26(36-27)29-28(25-8-4-5-19-32-25)33-30(37)34(29)21-11-13-23(14-12-21)35-22-6-2-1-3-7-22/h1-19,28-29H,(H,33,37)/t28-,29-/m0/s1. The summed E-state index contributed by atoms with van der Waals surface area (Å²) in [6, 6.07) is 34.8. The molecule has 2 aromatic heterocycles. The lowest BCUT2D eigenvalue weighted by Gasteiger charge is -2.26. The Balaban J connectivity index is 1.31. The maximum Gasteiger partial charge on any atom is 0.174 e. The molecule has 0 amide bonds. The van der Waals surface area contributed by atoms with Crippen molar-refractivity contribution in [3.63, 3.8) is 0 Å². The van der Waals surface area contributed by atoms with Crippen LogP contribution in [0.3, 0.4) is 0 Å². The minimum Gasteiger partial charge on any atom is -0.457 e. The second-order valence-electron chi connectivity index (χ2n) is 8.62. The number of benzene rings is 3. The van der Waals surface area contributed by atoms with Crippen LogP contribution in [0.5, 0.6) is 11.5 Å². The first-order valence-corrected chi connectivity index (χ1v) is 13.6. The Bertz CT molecular complexity index is 1530. The highest BCUT2D eigenvalue weighted by Crippen LogP contribution is 2.43. The number of anilines is 1. The molecule has 5 aromatic rings. The third-order valence-electron chi connectivity index (χ3n) is 6.12. The van der Waals surface area contributed by atoms with Crippen LogP contribution in [0.1, 0.15) is 23.5 Å². The number of pyridine rings is 1. The number of furan rings is 1. The van der Waals surface area contributed by atoms with E-state index in [1.54, 1.807) is 18.0 Å². The van der Waals surface area contributed by atoms with E-state index in [2.05, 4.69) is 15.2 Å². The molecular weight excluding hydrogens is 534 g/mol. The molecule has 38 heavy (non-hydrogen) atoms. The van der Waals surface area contributed by atoms with Gasteiger partial charge in [-0.1, -0.05) is 47.6 Å². The summed E-state index contributed by atoms with van der Waals surface area (Å²) in [5, 5.41) is 5.56. The maximum atomic E-state index is 6.39. The van der Waals surface area contributed by atoms with Crippen LogP contribution in [0.25, 0.3) is 0 Å². The van der Waals surface area contributed by atoms with Crippen molar-refractivity contribution in [2.75, 3.05) is 4.90 Å². The summed E-state index contributed by atoms with van der Waals surface area (Å²) in [6.45, 7) is 0. The molecule has 6 rings (SSSR count). The van der Waals surface area contributed by atoms with Crippen LogP contribution in [0, 0.1) is 0 Å². The molecule has 3 aromatic carbocycles. The van der Waals surface area contributed by atoms with Crippen molar-refractivity contribution < 1.29 is 9.15 Å². The summed E-state index contributed by atoms with van der Waals surface area (Å²) in [5.41, 5.74) is 1.81. The zero-order chi connectivity index (χ0) is 25.9. The number of hydrogen-bond donors (Lipinski definition) is 1. The quantitative estimate of drug-likeness (QED) is 0.202. The van der Waals surface area contributed by atoms with Gasteiger partial charge in [-0.25, -0.2) is 0 Å². The predicted octanol–water partition coefficient (Wildman–Crippen LogP) is 8.45. The Hall–Kier alpha value is -3.78. The number of nitrogens with zero attached hydrogens (tertiary/aromatic N) is 2. The highest BCUT2D eigenvalue weighted by molar-refractivity contribution is 7.99. The predicted molar refractivity (Wildman–Crippen MR) is 155 cm³/mol. The van der Waals surface area contributed by atoms with Crippen LogP contribution in [-0.2, 0) is 0 Å². The molecule has 0 bridgehead atoms. The van der Waals surface area contributed by atoms with E-state index in [1.165, 1.54) is 0 Å². The van der Waals surface area contributed by atoms with E-state index >= 15 is 0 Å². The normalized spacial score (nSPS) is 16.9. The molecule has 0 unspecified atom stereocenters. The molecule has 0 aliphatic carbocycles. The van der Waals surface area contributed by atoms with Crippen molar-refractivity contribution in [1.82, 2.24) is 10.3 Å². The SMILES string of the molecule is S=C1N[C@@H](c2ccccn2)[C@H](c2ccc(Sc3ccc(Cl)cc3)o2)N1c1ccc(Oc2ccccc2)cc1. The van der Waals surface area contributed by atoms with Gasteiger partial charge in [0.05, 0.1) is 11.7 Å². The third kappa shape index (κ3) is 5.27. The molecule has 0 saturated carbocycles.